The summed E-state index contributed by atoms with van der Waals surface area (Å²) in [5, 5.41) is 9.20. The molecule has 26 heavy (non-hydrogen) atoms. The van der Waals surface area contributed by atoms with E-state index in [9.17, 15) is 4.79 Å². The molecular weight excluding hydrogens is 391 g/mol. The Kier molecular flexibility index (Phi) is 11.0. The van der Waals surface area contributed by atoms with E-state index >= 15 is 0 Å². The van der Waals surface area contributed by atoms with Gasteiger partial charge in [-0.1, -0.05) is 30.3 Å². The molecule has 0 aliphatic rings. The van der Waals surface area contributed by atoms with Gasteiger partial charge < -0.3 is 16.4 Å². The highest BCUT2D eigenvalue weighted by Gasteiger charge is 2.22. The van der Waals surface area contributed by atoms with Gasteiger partial charge in [0.1, 0.15) is 5.69 Å². The highest BCUT2D eigenvalue weighted by atomic mass is 35.5. The SMILES string of the molecule is CC(NC(C)(C)CNC(=O)c1csc(CCN)n1)c1ccccc1.Cl.Cl. The number of thiazole rings is 1. The van der Waals surface area contributed by atoms with Crippen molar-refractivity contribution in [2.24, 2.45) is 5.73 Å². The van der Waals surface area contributed by atoms with Crippen LogP contribution in [-0.4, -0.2) is 29.5 Å². The Labute approximate surface area is 172 Å². The third kappa shape index (κ3) is 7.60. The lowest BCUT2D eigenvalue weighted by molar-refractivity contribution is 0.0936. The maximum absolute atomic E-state index is 12.2. The molecule has 2 rings (SSSR count). The molecule has 8 heteroatoms. The number of nitrogens with two attached hydrogens (primary N) is 1. The molecule has 0 aliphatic heterocycles. The van der Waals surface area contributed by atoms with Crippen LogP contribution < -0.4 is 16.4 Å². The predicted molar refractivity (Wildman–Crippen MR) is 114 cm³/mol. The normalized spacial score (nSPS) is 11.8. The van der Waals surface area contributed by atoms with Crippen LogP contribution in [0.1, 0.15) is 47.9 Å². The van der Waals surface area contributed by atoms with Crippen molar-refractivity contribution in [1.29, 1.82) is 0 Å². The molecule has 1 aromatic carbocycles. The second-order valence-corrected chi connectivity index (χ2v) is 7.45. The highest BCUT2D eigenvalue weighted by molar-refractivity contribution is 7.09. The van der Waals surface area contributed by atoms with Gasteiger partial charge in [-0.25, -0.2) is 4.98 Å². The Morgan fingerprint density at radius 1 is 1.27 bits per heavy atom. The van der Waals surface area contributed by atoms with E-state index in [0.717, 1.165) is 5.01 Å². The lowest BCUT2D eigenvalue weighted by atomic mass is 10.0. The summed E-state index contributed by atoms with van der Waals surface area (Å²) in [4.78, 5) is 16.6. The van der Waals surface area contributed by atoms with Crippen molar-refractivity contribution in [2.75, 3.05) is 13.1 Å². The van der Waals surface area contributed by atoms with Gasteiger partial charge in [0, 0.05) is 29.9 Å². The number of halogens is 2. The average molecular weight is 419 g/mol. The van der Waals surface area contributed by atoms with Crippen molar-refractivity contribution in [1.82, 2.24) is 15.6 Å². The lowest BCUT2D eigenvalue weighted by Gasteiger charge is -2.30. The van der Waals surface area contributed by atoms with Crippen LogP contribution in [0.15, 0.2) is 35.7 Å². The molecule has 0 saturated heterocycles. The number of aromatic nitrogens is 1. The molecule has 1 atom stereocenters. The minimum absolute atomic E-state index is 0. The molecule has 1 aromatic heterocycles. The Balaban J connectivity index is 0.00000312. The van der Waals surface area contributed by atoms with Gasteiger partial charge in [0.15, 0.2) is 0 Å². The monoisotopic (exact) mass is 418 g/mol. The van der Waals surface area contributed by atoms with E-state index < -0.39 is 0 Å². The first-order valence-corrected chi connectivity index (χ1v) is 9.04. The van der Waals surface area contributed by atoms with E-state index in [0.29, 0.717) is 25.2 Å². The molecule has 146 valence electrons. The zero-order valence-corrected chi connectivity index (χ0v) is 17.8. The van der Waals surface area contributed by atoms with E-state index in [1.165, 1.54) is 16.9 Å². The molecule has 0 radical (unpaired) electrons. The van der Waals surface area contributed by atoms with Gasteiger partial charge >= 0.3 is 0 Å². The van der Waals surface area contributed by atoms with Crippen LogP contribution in [0, 0.1) is 0 Å². The Hall–Kier alpha value is -1.18. The van der Waals surface area contributed by atoms with Crippen LogP contribution in [-0.2, 0) is 6.42 Å². The summed E-state index contributed by atoms with van der Waals surface area (Å²) in [5.41, 5.74) is 6.97. The summed E-state index contributed by atoms with van der Waals surface area (Å²) in [6.45, 7) is 7.34. The van der Waals surface area contributed by atoms with Crippen molar-refractivity contribution in [2.45, 2.75) is 38.8 Å². The number of carbonyl (C=O) groups excluding carboxylic acids is 1. The molecule has 0 fully saturated rings. The van der Waals surface area contributed by atoms with Crippen molar-refractivity contribution in [3.63, 3.8) is 0 Å². The van der Waals surface area contributed by atoms with Gasteiger partial charge in [-0.15, -0.1) is 36.2 Å². The van der Waals surface area contributed by atoms with E-state index in [4.69, 9.17) is 5.73 Å². The van der Waals surface area contributed by atoms with E-state index in [1.54, 1.807) is 5.38 Å². The molecule has 2 aromatic rings. The van der Waals surface area contributed by atoms with Gasteiger partial charge in [-0.3, -0.25) is 4.79 Å². The molecule has 0 bridgehead atoms. The van der Waals surface area contributed by atoms with Crippen molar-refractivity contribution in [3.05, 3.63) is 52.0 Å². The van der Waals surface area contributed by atoms with Gasteiger partial charge in [0.25, 0.3) is 5.91 Å². The molecular formula is C18H28Cl2N4OS. The largest absolute Gasteiger partial charge is 0.349 e. The molecule has 1 unspecified atom stereocenters. The fraction of sp³-hybridized carbons (Fsp3) is 0.444. The van der Waals surface area contributed by atoms with Gasteiger partial charge in [0.05, 0.1) is 5.01 Å². The number of benzene rings is 1. The summed E-state index contributed by atoms with van der Waals surface area (Å²) in [6, 6.07) is 10.5. The first-order chi connectivity index (χ1) is 11.4. The maximum Gasteiger partial charge on any atom is 0.270 e. The second kappa shape index (κ2) is 11.5. The number of hydrogen-bond donors (Lipinski definition) is 3. The Morgan fingerprint density at radius 3 is 2.54 bits per heavy atom. The number of nitrogens with zero attached hydrogens (tertiary/aromatic N) is 1. The van der Waals surface area contributed by atoms with E-state index in [2.05, 4.69) is 48.5 Å². The average Bonchev–Trinajstić information content (AvgIpc) is 3.02. The van der Waals surface area contributed by atoms with Crippen molar-refractivity contribution in [3.8, 4) is 0 Å². The molecule has 0 aliphatic carbocycles. The molecule has 1 heterocycles. The van der Waals surface area contributed by atoms with Crippen LogP contribution in [0.2, 0.25) is 0 Å². The van der Waals surface area contributed by atoms with E-state index in [-0.39, 0.29) is 42.3 Å². The highest BCUT2D eigenvalue weighted by Crippen LogP contribution is 2.16. The number of nitrogens with one attached hydrogen (secondary N) is 2. The fourth-order valence-corrected chi connectivity index (χ4v) is 3.30. The third-order valence-electron chi connectivity index (χ3n) is 3.74. The van der Waals surface area contributed by atoms with E-state index in [1.807, 2.05) is 18.2 Å². The molecule has 5 nitrogen and oxygen atoms in total. The van der Waals surface area contributed by atoms with Crippen LogP contribution in [0.3, 0.4) is 0 Å². The summed E-state index contributed by atoms with van der Waals surface area (Å²) in [5.74, 6) is -0.142. The molecule has 0 saturated carbocycles. The smallest absolute Gasteiger partial charge is 0.270 e. The lowest BCUT2D eigenvalue weighted by Crippen LogP contribution is -2.49. The summed E-state index contributed by atoms with van der Waals surface area (Å²) in [7, 11) is 0. The Bertz CT molecular complexity index is 664. The number of amides is 1. The maximum atomic E-state index is 12.2. The zero-order valence-electron chi connectivity index (χ0n) is 15.3. The Morgan fingerprint density at radius 2 is 1.92 bits per heavy atom. The summed E-state index contributed by atoms with van der Waals surface area (Å²) >= 11 is 1.48. The predicted octanol–water partition coefficient (Wildman–Crippen LogP) is 3.35. The standard InChI is InChI=1S/C18H26N4OS.2ClH/c1-13(14-7-5-4-6-8-14)22-18(2,3)12-20-17(23)15-11-24-16(21-15)9-10-19;;/h4-8,11,13,22H,9-10,12,19H2,1-3H3,(H,20,23);2*1H. The first kappa shape index (κ1) is 24.8. The third-order valence-corrected chi connectivity index (χ3v) is 4.65. The van der Waals surface area contributed by atoms with Gasteiger partial charge in [-0.2, -0.15) is 0 Å². The van der Waals surface area contributed by atoms with Crippen molar-refractivity contribution < 1.29 is 4.79 Å². The quantitative estimate of drug-likeness (QED) is 0.613. The van der Waals surface area contributed by atoms with Gasteiger partial charge in [-0.05, 0) is 32.9 Å². The van der Waals surface area contributed by atoms with Crippen LogP contribution in [0.25, 0.3) is 0 Å². The number of carbonyl (C=O) groups is 1. The second-order valence-electron chi connectivity index (χ2n) is 6.51. The first-order valence-electron chi connectivity index (χ1n) is 8.16. The van der Waals surface area contributed by atoms with Crippen LogP contribution >= 0.6 is 36.2 Å². The number of hydrogen-bond acceptors (Lipinski definition) is 5. The molecule has 1 amide bonds. The van der Waals surface area contributed by atoms with Crippen LogP contribution in [0.4, 0.5) is 0 Å². The molecule has 4 N–H and O–H groups in total. The summed E-state index contributed by atoms with van der Waals surface area (Å²) in [6.07, 6.45) is 0.708. The van der Waals surface area contributed by atoms with Crippen molar-refractivity contribution >= 4 is 42.1 Å². The topological polar surface area (TPSA) is 80.0 Å². The van der Waals surface area contributed by atoms with Gasteiger partial charge in [0.2, 0.25) is 0 Å². The summed E-state index contributed by atoms with van der Waals surface area (Å²) < 4.78 is 0. The zero-order chi connectivity index (χ0) is 17.6. The molecule has 0 spiro atoms. The van der Waals surface area contributed by atoms with Crippen LogP contribution in [0.5, 0.6) is 0 Å². The minimum Gasteiger partial charge on any atom is -0.349 e. The fourth-order valence-electron chi connectivity index (χ4n) is 2.51. The minimum atomic E-state index is -0.235. The number of rotatable bonds is 8.